The van der Waals surface area contributed by atoms with Gasteiger partial charge < -0.3 is 10.6 Å². The molecule has 27 heavy (non-hydrogen) atoms. The number of nitrogens with zero attached hydrogens (tertiary/aromatic N) is 2. The van der Waals surface area contributed by atoms with E-state index >= 15 is 0 Å². The van der Waals surface area contributed by atoms with Crippen molar-refractivity contribution in [3.8, 4) is 0 Å². The van der Waals surface area contributed by atoms with Crippen LogP contribution >= 0.6 is 0 Å². The molecular weight excluding hydrogens is 334 g/mol. The molecule has 0 spiro atoms. The summed E-state index contributed by atoms with van der Waals surface area (Å²) in [6.07, 6.45) is 13.7. The Balaban J connectivity index is 0.000000659. The van der Waals surface area contributed by atoms with Gasteiger partial charge in [-0.1, -0.05) is 45.6 Å². The molecule has 4 nitrogen and oxygen atoms in total. The molecule has 0 aromatic carbocycles. The fraction of sp³-hybridized carbons (Fsp3) is 0.739. The highest BCUT2D eigenvalue weighted by Crippen LogP contribution is 2.34. The van der Waals surface area contributed by atoms with Crippen molar-refractivity contribution >= 4 is 5.91 Å². The van der Waals surface area contributed by atoms with E-state index in [9.17, 15) is 4.79 Å². The number of fused-ring (bicyclic) bond motifs is 1. The van der Waals surface area contributed by atoms with Gasteiger partial charge in [0.25, 0.3) is 0 Å². The van der Waals surface area contributed by atoms with E-state index in [0.717, 1.165) is 38.8 Å². The second-order valence-electron chi connectivity index (χ2n) is 8.70. The molecule has 2 atom stereocenters. The van der Waals surface area contributed by atoms with E-state index in [-0.39, 0.29) is 12.0 Å². The van der Waals surface area contributed by atoms with Gasteiger partial charge in [-0.2, -0.15) is 0 Å². The van der Waals surface area contributed by atoms with Crippen LogP contribution in [0.3, 0.4) is 0 Å². The van der Waals surface area contributed by atoms with E-state index < -0.39 is 0 Å². The SMILES string of the molecule is CCC.NC1CCC(C(=O)N2CCc3ncc(C4CCCCC4)cc3C2)C1. The number of rotatable bonds is 2. The maximum absolute atomic E-state index is 12.8. The predicted octanol–water partition coefficient (Wildman–Crippen LogP) is 4.56. The summed E-state index contributed by atoms with van der Waals surface area (Å²) in [5.41, 5.74) is 9.86. The molecule has 1 aromatic heterocycles. The molecule has 1 aromatic rings. The summed E-state index contributed by atoms with van der Waals surface area (Å²) in [4.78, 5) is 19.6. The van der Waals surface area contributed by atoms with Crippen molar-refractivity contribution in [1.82, 2.24) is 9.88 Å². The number of aromatic nitrogens is 1. The molecule has 3 aliphatic rings. The molecular formula is C23H37N3O. The van der Waals surface area contributed by atoms with Crippen molar-refractivity contribution in [3.05, 3.63) is 29.1 Å². The standard InChI is InChI=1S/C20H29N3O.C3H8/c21-18-7-6-15(11-18)20(24)23-9-8-19-17(13-23)10-16(12-22-19)14-4-2-1-3-5-14;1-3-2/h10,12,14-15,18H,1-9,11,13,21H2;3H2,1-2H3. The Morgan fingerprint density at radius 3 is 2.59 bits per heavy atom. The van der Waals surface area contributed by atoms with Gasteiger partial charge in [0.15, 0.2) is 0 Å². The Hall–Kier alpha value is -1.42. The monoisotopic (exact) mass is 371 g/mol. The molecule has 2 heterocycles. The van der Waals surface area contributed by atoms with Gasteiger partial charge >= 0.3 is 0 Å². The molecule has 1 amide bonds. The maximum Gasteiger partial charge on any atom is 0.226 e. The van der Waals surface area contributed by atoms with Gasteiger partial charge in [-0.25, -0.2) is 0 Å². The van der Waals surface area contributed by atoms with E-state index in [4.69, 9.17) is 10.7 Å². The Bertz CT molecular complexity index is 624. The molecule has 2 unspecified atom stereocenters. The minimum Gasteiger partial charge on any atom is -0.338 e. The van der Waals surface area contributed by atoms with Crippen LogP contribution in [-0.4, -0.2) is 28.4 Å². The van der Waals surface area contributed by atoms with E-state index in [0.29, 0.717) is 11.8 Å². The van der Waals surface area contributed by atoms with Gasteiger partial charge in [-0.3, -0.25) is 9.78 Å². The van der Waals surface area contributed by atoms with Crippen LogP contribution < -0.4 is 5.73 Å². The number of pyridine rings is 1. The number of hydrogen-bond donors (Lipinski definition) is 1. The Morgan fingerprint density at radius 2 is 1.93 bits per heavy atom. The zero-order valence-corrected chi connectivity index (χ0v) is 17.3. The van der Waals surface area contributed by atoms with E-state index in [1.54, 1.807) is 0 Å². The second-order valence-corrected chi connectivity index (χ2v) is 8.70. The van der Waals surface area contributed by atoms with Gasteiger partial charge in [0.1, 0.15) is 0 Å². The molecule has 150 valence electrons. The summed E-state index contributed by atoms with van der Waals surface area (Å²) in [5, 5.41) is 0. The lowest BCUT2D eigenvalue weighted by Crippen LogP contribution is -2.39. The minimum atomic E-state index is 0.149. The first-order valence-corrected chi connectivity index (χ1v) is 11.1. The zero-order valence-electron chi connectivity index (χ0n) is 17.3. The first kappa shape index (κ1) is 20.3. The van der Waals surface area contributed by atoms with E-state index in [1.165, 1.54) is 55.3 Å². The van der Waals surface area contributed by atoms with Crippen molar-refractivity contribution in [2.75, 3.05) is 6.54 Å². The number of amides is 1. The number of carbonyl (C=O) groups excluding carboxylic acids is 1. The summed E-state index contributed by atoms with van der Waals surface area (Å²) in [7, 11) is 0. The lowest BCUT2D eigenvalue weighted by molar-refractivity contribution is -0.136. The molecule has 4 heteroatoms. The smallest absolute Gasteiger partial charge is 0.226 e. The molecule has 2 aliphatic carbocycles. The molecule has 2 fully saturated rings. The molecule has 1 aliphatic heterocycles. The van der Waals surface area contributed by atoms with Crippen LogP contribution in [0.5, 0.6) is 0 Å². The zero-order chi connectivity index (χ0) is 19.2. The van der Waals surface area contributed by atoms with Crippen molar-refractivity contribution < 1.29 is 4.79 Å². The Morgan fingerprint density at radius 1 is 1.19 bits per heavy atom. The van der Waals surface area contributed by atoms with Crippen LogP contribution in [0, 0.1) is 5.92 Å². The number of carbonyl (C=O) groups is 1. The van der Waals surface area contributed by atoms with Gasteiger partial charge in [0, 0.05) is 43.4 Å². The lowest BCUT2D eigenvalue weighted by atomic mass is 9.84. The molecule has 4 rings (SSSR count). The third-order valence-electron chi connectivity index (χ3n) is 6.27. The first-order chi connectivity index (χ1) is 13.1. The first-order valence-electron chi connectivity index (χ1n) is 11.1. The molecule has 2 saturated carbocycles. The topological polar surface area (TPSA) is 59.2 Å². The highest BCUT2D eigenvalue weighted by molar-refractivity contribution is 5.79. The van der Waals surface area contributed by atoms with Crippen LogP contribution in [0.15, 0.2) is 12.3 Å². The number of hydrogen-bond acceptors (Lipinski definition) is 3. The van der Waals surface area contributed by atoms with Crippen LogP contribution in [0.25, 0.3) is 0 Å². The quantitative estimate of drug-likeness (QED) is 0.829. The van der Waals surface area contributed by atoms with Crippen LogP contribution in [0.1, 0.15) is 94.4 Å². The fourth-order valence-electron chi connectivity index (χ4n) is 4.79. The summed E-state index contributed by atoms with van der Waals surface area (Å²) in [6, 6.07) is 2.56. The van der Waals surface area contributed by atoms with Crippen LogP contribution in [0.2, 0.25) is 0 Å². The van der Waals surface area contributed by atoms with Crippen molar-refractivity contribution in [1.29, 1.82) is 0 Å². The highest BCUT2D eigenvalue weighted by atomic mass is 16.2. The van der Waals surface area contributed by atoms with Crippen molar-refractivity contribution in [2.45, 2.75) is 96.6 Å². The van der Waals surface area contributed by atoms with Crippen molar-refractivity contribution in [3.63, 3.8) is 0 Å². The summed E-state index contributed by atoms with van der Waals surface area (Å²) >= 11 is 0. The molecule has 0 radical (unpaired) electrons. The highest BCUT2D eigenvalue weighted by Gasteiger charge is 2.32. The largest absolute Gasteiger partial charge is 0.338 e. The van der Waals surface area contributed by atoms with Gasteiger partial charge in [0.05, 0.1) is 0 Å². The summed E-state index contributed by atoms with van der Waals surface area (Å²) in [6.45, 7) is 5.81. The lowest BCUT2D eigenvalue weighted by Gasteiger charge is -2.31. The normalized spacial score (nSPS) is 25.5. The molecule has 2 N–H and O–H groups in total. The van der Waals surface area contributed by atoms with Crippen LogP contribution in [0.4, 0.5) is 0 Å². The summed E-state index contributed by atoms with van der Waals surface area (Å²) in [5.74, 6) is 1.14. The van der Waals surface area contributed by atoms with E-state index in [1.807, 2.05) is 0 Å². The average molecular weight is 372 g/mol. The summed E-state index contributed by atoms with van der Waals surface area (Å²) < 4.78 is 0. The number of nitrogens with two attached hydrogens (primary N) is 1. The van der Waals surface area contributed by atoms with Gasteiger partial charge in [0.2, 0.25) is 5.91 Å². The maximum atomic E-state index is 12.8. The second kappa shape index (κ2) is 9.68. The molecule has 0 saturated heterocycles. The van der Waals surface area contributed by atoms with Gasteiger partial charge in [-0.15, -0.1) is 0 Å². The Labute approximate surface area is 164 Å². The predicted molar refractivity (Wildman–Crippen MR) is 110 cm³/mol. The Kier molecular flexibility index (Phi) is 7.28. The van der Waals surface area contributed by atoms with Gasteiger partial charge in [-0.05, 0) is 49.1 Å². The fourth-order valence-corrected chi connectivity index (χ4v) is 4.79. The average Bonchev–Trinajstić information content (AvgIpc) is 3.14. The third-order valence-corrected chi connectivity index (χ3v) is 6.27. The molecule has 0 bridgehead atoms. The van der Waals surface area contributed by atoms with Crippen LogP contribution in [-0.2, 0) is 17.8 Å². The van der Waals surface area contributed by atoms with E-state index in [2.05, 4.69) is 31.0 Å². The van der Waals surface area contributed by atoms with Crippen molar-refractivity contribution in [2.24, 2.45) is 11.7 Å². The third kappa shape index (κ3) is 5.10. The minimum absolute atomic E-state index is 0.149.